The van der Waals surface area contributed by atoms with Gasteiger partial charge in [0.25, 0.3) is 15.9 Å². The summed E-state index contributed by atoms with van der Waals surface area (Å²) in [4.78, 5) is 14.8. The fourth-order valence-corrected chi connectivity index (χ4v) is 4.78. The van der Waals surface area contributed by atoms with E-state index >= 15 is 0 Å². The molecule has 4 rings (SSSR count). The molecule has 0 aliphatic carbocycles. The van der Waals surface area contributed by atoms with Crippen molar-refractivity contribution in [1.82, 2.24) is 4.90 Å². The molecule has 0 bridgehead atoms. The van der Waals surface area contributed by atoms with Crippen molar-refractivity contribution in [3.63, 3.8) is 0 Å². The first-order chi connectivity index (χ1) is 15.7. The van der Waals surface area contributed by atoms with E-state index in [4.69, 9.17) is 16.3 Å². The van der Waals surface area contributed by atoms with Gasteiger partial charge in [0.15, 0.2) is 6.10 Å². The van der Waals surface area contributed by atoms with Gasteiger partial charge in [0.1, 0.15) is 11.6 Å². The summed E-state index contributed by atoms with van der Waals surface area (Å²) in [6.07, 6.45) is -0.188. The topological polar surface area (TPSA) is 75.7 Å². The van der Waals surface area contributed by atoms with Crippen LogP contribution in [0.4, 0.5) is 10.1 Å². The van der Waals surface area contributed by atoms with Crippen LogP contribution in [0.2, 0.25) is 5.02 Å². The standard InChI is InChI=1S/C24H22ClFN2O4S/c1-2-22-24(29)28(14-16-3-7-19(26)8-4-16)15-17-13-20(9-12-23(17)32-22)27-33(30,31)21-10-5-18(25)6-11-21/h3-13,22,27H,2,14-15H2,1H3. The molecule has 1 atom stereocenters. The molecule has 172 valence electrons. The lowest BCUT2D eigenvalue weighted by molar-refractivity contribution is -0.139. The van der Waals surface area contributed by atoms with Crippen LogP contribution in [0.5, 0.6) is 5.75 Å². The number of anilines is 1. The van der Waals surface area contributed by atoms with Crippen LogP contribution in [-0.4, -0.2) is 25.3 Å². The largest absolute Gasteiger partial charge is 0.480 e. The number of ether oxygens (including phenoxy) is 1. The first-order valence-electron chi connectivity index (χ1n) is 10.4. The van der Waals surface area contributed by atoms with Crippen molar-refractivity contribution in [2.24, 2.45) is 0 Å². The maximum Gasteiger partial charge on any atom is 0.264 e. The molecule has 3 aromatic carbocycles. The molecule has 1 aliphatic rings. The SMILES string of the molecule is CCC1Oc2ccc(NS(=O)(=O)c3ccc(Cl)cc3)cc2CN(Cc2ccc(F)cc2)C1=O. The van der Waals surface area contributed by atoms with E-state index in [1.54, 1.807) is 35.2 Å². The Balaban J connectivity index is 1.62. The molecule has 6 nitrogen and oxygen atoms in total. The minimum absolute atomic E-state index is 0.0808. The van der Waals surface area contributed by atoms with Crippen molar-refractivity contribution in [3.05, 3.63) is 88.7 Å². The second kappa shape index (κ2) is 9.41. The average molecular weight is 489 g/mol. The third-order valence-corrected chi connectivity index (χ3v) is 6.96. The molecular weight excluding hydrogens is 467 g/mol. The quantitative estimate of drug-likeness (QED) is 0.531. The Kier molecular flexibility index (Phi) is 6.58. The summed E-state index contributed by atoms with van der Waals surface area (Å²) in [6.45, 7) is 2.36. The van der Waals surface area contributed by atoms with E-state index in [0.717, 1.165) is 5.56 Å². The van der Waals surface area contributed by atoms with E-state index in [-0.39, 0.29) is 29.7 Å². The number of benzene rings is 3. The van der Waals surface area contributed by atoms with E-state index < -0.39 is 16.1 Å². The number of halogens is 2. The van der Waals surface area contributed by atoms with Crippen LogP contribution >= 0.6 is 11.6 Å². The minimum atomic E-state index is -3.82. The predicted molar refractivity (Wildman–Crippen MR) is 124 cm³/mol. The first kappa shape index (κ1) is 23.1. The summed E-state index contributed by atoms with van der Waals surface area (Å²) in [5.74, 6) is -0.00811. The number of amides is 1. The fraction of sp³-hybridized carbons (Fsp3) is 0.208. The number of carbonyl (C=O) groups excluding carboxylic acids is 1. The Hall–Kier alpha value is -3.10. The van der Waals surface area contributed by atoms with Gasteiger partial charge in [-0.05, 0) is 66.6 Å². The average Bonchev–Trinajstić information content (AvgIpc) is 2.91. The highest BCUT2D eigenvalue weighted by Gasteiger charge is 2.30. The van der Waals surface area contributed by atoms with Crippen LogP contribution in [-0.2, 0) is 27.9 Å². The van der Waals surface area contributed by atoms with Crippen molar-refractivity contribution >= 4 is 33.2 Å². The van der Waals surface area contributed by atoms with Gasteiger partial charge in [-0.1, -0.05) is 30.7 Å². The molecule has 0 radical (unpaired) electrons. The number of nitrogens with one attached hydrogen (secondary N) is 1. The molecule has 3 aromatic rings. The van der Waals surface area contributed by atoms with Crippen molar-refractivity contribution < 1.29 is 22.3 Å². The van der Waals surface area contributed by atoms with Crippen LogP contribution in [0.25, 0.3) is 0 Å². The number of fused-ring (bicyclic) bond motifs is 1. The zero-order valence-electron chi connectivity index (χ0n) is 17.8. The van der Waals surface area contributed by atoms with Crippen LogP contribution < -0.4 is 9.46 Å². The molecule has 0 spiro atoms. The Morgan fingerprint density at radius 2 is 1.79 bits per heavy atom. The van der Waals surface area contributed by atoms with E-state index in [2.05, 4.69) is 4.72 Å². The van der Waals surface area contributed by atoms with Crippen molar-refractivity contribution in [1.29, 1.82) is 0 Å². The molecular formula is C24H22ClFN2O4S. The molecule has 33 heavy (non-hydrogen) atoms. The van der Waals surface area contributed by atoms with Crippen LogP contribution in [0.3, 0.4) is 0 Å². The second-order valence-electron chi connectivity index (χ2n) is 7.72. The second-order valence-corrected chi connectivity index (χ2v) is 9.84. The highest BCUT2D eigenvalue weighted by molar-refractivity contribution is 7.92. The van der Waals surface area contributed by atoms with Crippen molar-refractivity contribution in [3.8, 4) is 5.75 Å². The lowest BCUT2D eigenvalue weighted by atomic mass is 10.1. The maximum atomic E-state index is 13.3. The maximum absolute atomic E-state index is 13.3. The van der Waals surface area contributed by atoms with Gasteiger partial charge >= 0.3 is 0 Å². The van der Waals surface area contributed by atoms with Crippen LogP contribution in [0.1, 0.15) is 24.5 Å². The number of carbonyl (C=O) groups is 1. The number of hydrogen-bond acceptors (Lipinski definition) is 4. The summed E-state index contributed by atoms with van der Waals surface area (Å²) in [6, 6.07) is 16.7. The van der Waals surface area contributed by atoms with Gasteiger partial charge in [-0.3, -0.25) is 9.52 Å². The van der Waals surface area contributed by atoms with Gasteiger partial charge in [-0.15, -0.1) is 0 Å². The van der Waals surface area contributed by atoms with E-state index in [1.165, 1.54) is 36.4 Å². The van der Waals surface area contributed by atoms with E-state index in [9.17, 15) is 17.6 Å². The van der Waals surface area contributed by atoms with E-state index in [1.807, 2.05) is 6.92 Å². The third kappa shape index (κ3) is 5.29. The Morgan fingerprint density at radius 1 is 1.09 bits per heavy atom. The number of rotatable bonds is 6. The highest BCUT2D eigenvalue weighted by atomic mass is 35.5. The smallest absolute Gasteiger partial charge is 0.264 e. The van der Waals surface area contributed by atoms with Gasteiger partial charge in [0.2, 0.25) is 0 Å². The van der Waals surface area contributed by atoms with Gasteiger partial charge in [0, 0.05) is 29.4 Å². The monoisotopic (exact) mass is 488 g/mol. The van der Waals surface area contributed by atoms with Crippen molar-refractivity contribution in [2.45, 2.75) is 37.4 Å². The molecule has 1 aliphatic heterocycles. The van der Waals surface area contributed by atoms with Crippen LogP contribution in [0, 0.1) is 5.82 Å². The Bertz CT molecular complexity index is 1260. The minimum Gasteiger partial charge on any atom is -0.480 e. The van der Waals surface area contributed by atoms with E-state index in [0.29, 0.717) is 28.4 Å². The van der Waals surface area contributed by atoms with Crippen LogP contribution in [0.15, 0.2) is 71.6 Å². The van der Waals surface area contributed by atoms with Crippen molar-refractivity contribution in [2.75, 3.05) is 4.72 Å². The summed E-state index contributed by atoms with van der Waals surface area (Å²) in [5, 5.41) is 0.438. The molecule has 1 amide bonds. The Morgan fingerprint density at radius 3 is 2.45 bits per heavy atom. The predicted octanol–water partition coefficient (Wildman–Crippen LogP) is 4.98. The lowest BCUT2D eigenvalue weighted by Gasteiger charge is -2.23. The fourth-order valence-electron chi connectivity index (χ4n) is 3.60. The molecule has 1 heterocycles. The first-order valence-corrected chi connectivity index (χ1v) is 12.2. The molecule has 1 unspecified atom stereocenters. The van der Waals surface area contributed by atoms with Gasteiger partial charge in [-0.2, -0.15) is 0 Å². The molecule has 9 heteroatoms. The number of sulfonamides is 1. The van der Waals surface area contributed by atoms with Gasteiger partial charge < -0.3 is 9.64 Å². The lowest BCUT2D eigenvalue weighted by Crippen LogP contribution is -2.38. The summed E-state index contributed by atoms with van der Waals surface area (Å²) in [7, 11) is -3.82. The highest BCUT2D eigenvalue weighted by Crippen LogP contribution is 2.31. The summed E-state index contributed by atoms with van der Waals surface area (Å²) < 4.78 is 47.3. The number of nitrogens with zero attached hydrogens (tertiary/aromatic N) is 1. The Labute approximate surface area is 197 Å². The summed E-state index contributed by atoms with van der Waals surface area (Å²) >= 11 is 5.85. The molecule has 0 aromatic heterocycles. The zero-order chi connectivity index (χ0) is 23.6. The van der Waals surface area contributed by atoms with Gasteiger partial charge in [0.05, 0.1) is 4.90 Å². The summed E-state index contributed by atoms with van der Waals surface area (Å²) in [5.41, 5.74) is 1.79. The third-order valence-electron chi connectivity index (χ3n) is 5.31. The normalized spacial score (nSPS) is 16.0. The zero-order valence-corrected chi connectivity index (χ0v) is 19.4. The molecule has 0 saturated heterocycles. The van der Waals surface area contributed by atoms with Gasteiger partial charge in [-0.25, -0.2) is 12.8 Å². The molecule has 0 fully saturated rings. The molecule has 0 saturated carbocycles. The molecule has 1 N–H and O–H groups in total. The number of hydrogen-bond donors (Lipinski definition) is 1.